The highest BCUT2D eigenvalue weighted by molar-refractivity contribution is 5.73. The Kier molecular flexibility index (Phi) is 4.60. The molecule has 0 aliphatic rings. The van der Waals surface area contributed by atoms with E-state index >= 15 is 0 Å². The van der Waals surface area contributed by atoms with E-state index in [9.17, 15) is 4.79 Å². The number of pyridine rings is 1. The minimum Gasteiger partial charge on any atom is -0.370 e. The molecule has 0 radical (unpaired) electrons. The van der Waals surface area contributed by atoms with Crippen molar-refractivity contribution in [3.8, 4) is 0 Å². The van der Waals surface area contributed by atoms with E-state index in [1.54, 1.807) is 12.4 Å². The molecule has 0 fully saturated rings. The molecule has 5 nitrogen and oxygen atoms in total. The highest BCUT2D eigenvalue weighted by Crippen LogP contribution is 1.93. The smallest absolute Gasteiger partial charge is 0.218 e. The third-order valence-corrected chi connectivity index (χ3v) is 1.66. The maximum Gasteiger partial charge on any atom is 0.218 e. The number of nitrogens with two attached hydrogens (primary N) is 1. The Morgan fingerprint density at radius 1 is 1.36 bits per heavy atom. The van der Waals surface area contributed by atoms with Crippen LogP contribution in [0.5, 0.6) is 0 Å². The summed E-state index contributed by atoms with van der Waals surface area (Å²) in [5.41, 5.74) is 12.0. The average Bonchev–Trinajstić information content (AvgIpc) is 2.18. The summed E-state index contributed by atoms with van der Waals surface area (Å²) in [6.45, 7) is 1.24. The highest BCUT2D eigenvalue weighted by Gasteiger charge is 1.93. The van der Waals surface area contributed by atoms with Gasteiger partial charge in [-0.3, -0.25) is 20.6 Å². The summed E-state index contributed by atoms with van der Waals surface area (Å²) in [4.78, 5) is 14.3. The van der Waals surface area contributed by atoms with E-state index in [0.717, 1.165) is 5.56 Å². The lowest BCUT2D eigenvalue weighted by molar-refractivity contribution is -0.117. The molecule has 1 aromatic rings. The van der Waals surface area contributed by atoms with Crippen LogP contribution in [-0.4, -0.2) is 17.4 Å². The Hall–Kier alpha value is -1.46. The SMILES string of the molecule is NC(=O)CCNNCc1ccncc1. The zero-order chi connectivity index (χ0) is 10.2. The fraction of sp³-hybridized carbons (Fsp3) is 0.333. The molecule has 0 saturated carbocycles. The van der Waals surface area contributed by atoms with Crippen molar-refractivity contribution in [1.82, 2.24) is 15.8 Å². The molecule has 76 valence electrons. The van der Waals surface area contributed by atoms with Crippen LogP contribution in [-0.2, 0) is 11.3 Å². The van der Waals surface area contributed by atoms with Crippen LogP contribution in [0.4, 0.5) is 0 Å². The minimum atomic E-state index is -0.303. The fourth-order valence-electron chi connectivity index (χ4n) is 0.939. The molecule has 0 aromatic carbocycles. The van der Waals surface area contributed by atoms with Crippen molar-refractivity contribution >= 4 is 5.91 Å². The Bertz CT molecular complexity index is 275. The van der Waals surface area contributed by atoms with Crippen LogP contribution in [0, 0.1) is 0 Å². The maximum atomic E-state index is 10.4. The lowest BCUT2D eigenvalue weighted by Crippen LogP contribution is -2.33. The third kappa shape index (κ3) is 4.54. The summed E-state index contributed by atoms with van der Waals surface area (Å²) in [5, 5.41) is 0. The molecule has 4 N–H and O–H groups in total. The number of hydrogen-bond acceptors (Lipinski definition) is 4. The Morgan fingerprint density at radius 2 is 2.07 bits per heavy atom. The summed E-state index contributed by atoms with van der Waals surface area (Å²) >= 11 is 0. The topological polar surface area (TPSA) is 80.0 Å². The van der Waals surface area contributed by atoms with Gasteiger partial charge in [0.1, 0.15) is 0 Å². The average molecular weight is 194 g/mol. The molecule has 1 rings (SSSR count). The lowest BCUT2D eigenvalue weighted by atomic mass is 10.3. The van der Waals surface area contributed by atoms with Crippen molar-refractivity contribution in [2.45, 2.75) is 13.0 Å². The molecule has 5 heteroatoms. The largest absolute Gasteiger partial charge is 0.370 e. The summed E-state index contributed by atoms with van der Waals surface area (Å²) < 4.78 is 0. The number of amides is 1. The summed E-state index contributed by atoms with van der Waals surface area (Å²) in [7, 11) is 0. The van der Waals surface area contributed by atoms with Gasteiger partial charge >= 0.3 is 0 Å². The van der Waals surface area contributed by atoms with E-state index in [1.807, 2.05) is 12.1 Å². The molecule has 1 heterocycles. The van der Waals surface area contributed by atoms with E-state index < -0.39 is 0 Å². The van der Waals surface area contributed by atoms with Crippen molar-refractivity contribution in [2.24, 2.45) is 5.73 Å². The predicted molar refractivity (Wildman–Crippen MR) is 52.9 cm³/mol. The van der Waals surface area contributed by atoms with Gasteiger partial charge in [0.05, 0.1) is 0 Å². The maximum absolute atomic E-state index is 10.4. The van der Waals surface area contributed by atoms with Crippen LogP contribution in [0.3, 0.4) is 0 Å². The molecular formula is C9H14N4O. The van der Waals surface area contributed by atoms with Crippen molar-refractivity contribution in [2.75, 3.05) is 6.54 Å². The predicted octanol–water partition coefficient (Wildman–Crippen LogP) is -0.449. The van der Waals surface area contributed by atoms with Crippen molar-refractivity contribution in [1.29, 1.82) is 0 Å². The number of carbonyl (C=O) groups is 1. The molecular weight excluding hydrogens is 180 g/mol. The number of rotatable bonds is 6. The first-order valence-corrected chi connectivity index (χ1v) is 4.42. The van der Waals surface area contributed by atoms with Crippen LogP contribution < -0.4 is 16.6 Å². The summed E-state index contributed by atoms with van der Waals surface area (Å²) in [6.07, 6.45) is 3.81. The Labute approximate surface area is 82.7 Å². The van der Waals surface area contributed by atoms with Gasteiger partial charge in [0, 0.05) is 31.9 Å². The number of aromatic nitrogens is 1. The molecule has 1 aromatic heterocycles. The van der Waals surface area contributed by atoms with Crippen LogP contribution in [0.2, 0.25) is 0 Å². The third-order valence-electron chi connectivity index (χ3n) is 1.66. The number of primary amides is 1. The van der Waals surface area contributed by atoms with E-state index in [1.165, 1.54) is 0 Å². The van der Waals surface area contributed by atoms with Gasteiger partial charge in [0.25, 0.3) is 0 Å². The van der Waals surface area contributed by atoms with E-state index in [4.69, 9.17) is 5.73 Å². The number of nitrogens with zero attached hydrogens (tertiary/aromatic N) is 1. The Morgan fingerprint density at radius 3 is 2.71 bits per heavy atom. The monoisotopic (exact) mass is 194 g/mol. The lowest BCUT2D eigenvalue weighted by Gasteiger charge is -2.05. The van der Waals surface area contributed by atoms with Crippen molar-refractivity contribution < 1.29 is 4.79 Å². The van der Waals surface area contributed by atoms with Gasteiger partial charge in [-0.25, -0.2) is 0 Å². The second-order valence-electron chi connectivity index (χ2n) is 2.85. The molecule has 0 unspecified atom stereocenters. The van der Waals surface area contributed by atoms with Crippen LogP contribution >= 0.6 is 0 Å². The quantitative estimate of drug-likeness (QED) is 0.423. The molecule has 0 bridgehead atoms. The number of nitrogens with one attached hydrogen (secondary N) is 2. The molecule has 0 saturated heterocycles. The van der Waals surface area contributed by atoms with Crippen molar-refractivity contribution in [3.63, 3.8) is 0 Å². The van der Waals surface area contributed by atoms with Crippen molar-refractivity contribution in [3.05, 3.63) is 30.1 Å². The van der Waals surface area contributed by atoms with Crippen LogP contribution in [0.25, 0.3) is 0 Å². The second-order valence-corrected chi connectivity index (χ2v) is 2.85. The van der Waals surface area contributed by atoms with E-state index in [-0.39, 0.29) is 5.91 Å². The molecule has 0 atom stereocenters. The second kappa shape index (κ2) is 6.06. The van der Waals surface area contributed by atoms with Gasteiger partial charge < -0.3 is 5.73 Å². The van der Waals surface area contributed by atoms with Gasteiger partial charge in [-0.05, 0) is 17.7 Å². The number of hydrazine groups is 1. The fourth-order valence-corrected chi connectivity index (χ4v) is 0.939. The molecule has 1 amide bonds. The van der Waals surface area contributed by atoms with Crippen LogP contribution in [0.1, 0.15) is 12.0 Å². The van der Waals surface area contributed by atoms with E-state index in [0.29, 0.717) is 19.5 Å². The highest BCUT2D eigenvalue weighted by atomic mass is 16.1. The Balaban J connectivity index is 2.08. The molecule has 14 heavy (non-hydrogen) atoms. The summed E-state index contributed by atoms with van der Waals surface area (Å²) in [5.74, 6) is -0.303. The minimum absolute atomic E-state index is 0.303. The van der Waals surface area contributed by atoms with Gasteiger partial charge in [0.15, 0.2) is 0 Å². The van der Waals surface area contributed by atoms with Gasteiger partial charge in [0.2, 0.25) is 5.91 Å². The summed E-state index contributed by atoms with van der Waals surface area (Å²) in [6, 6.07) is 3.84. The van der Waals surface area contributed by atoms with Crippen LogP contribution in [0.15, 0.2) is 24.5 Å². The molecule has 0 spiro atoms. The standard InChI is InChI=1S/C9H14N4O/c10-9(14)3-6-12-13-7-8-1-4-11-5-2-8/h1-2,4-5,12-13H,3,6-7H2,(H2,10,14). The normalized spacial score (nSPS) is 10.0. The number of hydrogen-bond donors (Lipinski definition) is 3. The molecule has 0 aliphatic carbocycles. The van der Waals surface area contributed by atoms with E-state index in [2.05, 4.69) is 15.8 Å². The first-order valence-electron chi connectivity index (χ1n) is 4.42. The first kappa shape index (κ1) is 10.6. The van der Waals surface area contributed by atoms with Gasteiger partial charge in [-0.15, -0.1) is 0 Å². The zero-order valence-electron chi connectivity index (χ0n) is 7.86. The van der Waals surface area contributed by atoms with Gasteiger partial charge in [-0.2, -0.15) is 0 Å². The first-order chi connectivity index (χ1) is 6.79. The number of carbonyl (C=O) groups excluding carboxylic acids is 1. The zero-order valence-corrected chi connectivity index (χ0v) is 7.86. The molecule has 0 aliphatic heterocycles. The van der Waals surface area contributed by atoms with Gasteiger partial charge in [-0.1, -0.05) is 0 Å².